The van der Waals surface area contributed by atoms with Crippen LogP contribution in [0.1, 0.15) is 11.1 Å². The standard InChI is InChI=1S/C16H11F3N4O.C15H13N5O.C14H10ClN5O/c17-16(18,19)10-4-5-11-12(6-8-20-13(11)9-10)22-15(24)23-14-3-1-2-7-21-14;1-10-3-2-4-11-12(5-6-18-14(10)11)19-15(21)20-13-9-16-7-8-17-13;15-10-3-1-2-9-11(4-5-18-13(9)10)19-14(21)20-12-8-16-6-7-17-12/h1-9H,(H2,20,21,22,23,24);2-9H,1H3,(H2,17,18,19,20,21);1-8H,(H2,17,18,19,20,21). The van der Waals surface area contributed by atoms with Gasteiger partial charge in [-0.05, 0) is 61.0 Å². The highest BCUT2D eigenvalue weighted by Crippen LogP contribution is 2.33. The molecule has 9 aromatic rings. The number of carbonyl (C=O) groups is 3. The molecule has 6 N–H and O–H groups in total. The van der Waals surface area contributed by atoms with Crippen molar-refractivity contribution >= 4 is 96.9 Å². The minimum atomic E-state index is -4.45. The number of benzene rings is 3. The first kappa shape index (κ1) is 45.1. The number of hydrogen-bond acceptors (Lipinski definition) is 11. The summed E-state index contributed by atoms with van der Waals surface area (Å²) in [5.74, 6) is 1.11. The van der Waals surface area contributed by atoms with Crippen molar-refractivity contribution in [2.24, 2.45) is 0 Å². The largest absolute Gasteiger partial charge is 0.416 e. The van der Waals surface area contributed by atoms with E-state index in [0.717, 1.165) is 34.0 Å². The number of urea groups is 3. The van der Waals surface area contributed by atoms with E-state index >= 15 is 0 Å². The second kappa shape index (κ2) is 21.0. The van der Waals surface area contributed by atoms with Gasteiger partial charge < -0.3 is 16.0 Å². The first-order valence-corrected chi connectivity index (χ1v) is 19.8. The lowest BCUT2D eigenvalue weighted by molar-refractivity contribution is -0.137. The van der Waals surface area contributed by atoms with Gasteiger partial charge in [-0.15, -0.1) is 0 Å². The Morgan fingerprint density at radius 1 is 0.485 bits per heavy atom. The zero-order chi connectivity index (χ0) is 46.5. The molecular formula is C45H34ClF3N14O3. The van der Waals surface area contributed by atoms with Crippen molar-refractivity contribution in [3.8, 4) is 0 Å². The summed E-state index contributed by atoms with van der Waals surface area (Å²) in [6, 6.07) is 23.1. The van der Waals surface area contributed by atoms with Crippen LogP contribution in [0.5, 0.6) is 0 Å². The van der Waals surface area contributed by atoms with E-state index in [-0.39, 0.29) is 11.5 Å². The van der Waals surface area contributed by atoms with Crippen LogP contribution in [-0.2, 0) is 6.18 Å². The summed E-state index contributed by atoms with van der Waals surface area (Å²) in [7, 11) is 0. The predicted octanol–water partition coefficient (Wildman–Crippen LogP) is 10.6. The third kappa shape index (κ3) is 12.0. The maximum Gasteiger partial charge on any atom is 0.416 e. The Morgan fingerprint density at radius 3 is 1.58 bits per heavy atom. The Kier molecular flexibility index (Phi) is 14.3. The minimum absolute atomic E-state index is 0.139. The van der Waals surface area contributed by atoms with Crippen LogP contribution < -0.4 is 31.9 Å². The van der Waals surface area contributed by atoms with E-state index in [1.54, 1.807) is 61.1 Å². The van der Waals surface area contributed by atoms with Crippen molar-refractivity contribution in [3.63, 3.8) is 0 Å². The molecule has 3 aromatic carbocycles. The van der Waals surface area contributed by atoms with Crippen LogP contribution in [0.25, 0.3) is 32.7 Å². The van der Waals surface area contributed by atoms with Crippen molar-refractivity contribution in [1.82, 2.24) is 39.9 Å². The third-order valence-electron chi connectivity index (χ3n) is 9.03. The maximum atomic E-state index is 12.8. The number of nitrogens with zero attached hydrogens (tertiary/aromatic N) is 8. The number of halogens is 4. The second-order valence-electron chi connectivity index (χ2n) is 13.5. The van der Waals surface area contributed by atoms with E-state index in [4.69, 9.17) is 11.6 Å². The van der Waals surface area contributed by atoms with Gasteiger partial charge in [-0.1, -0.05) is 54.1 Å². The molecule has 66 heavy (non-hydrogen) atoms. The lowest BCUT2D eigenvalue weighted by atomic mass is 10.1. The monoisotopic (exact) mass is 910 g/mol. The molecule has 0 spiro atoms. The van der Waals surface area contributed by atoms with Crippen molar-refractivity contribution < 1.29 is 27.6 Å². The van der Waals surface area contributed by atoms with Gasteiger partial charge in [0.25, 0.3) is 0 Å². The van der Waals surface area contributed by atoms with Gasteiger partial charge in [0.05, 0.1) is 56.6 Å². The first-order valence-electron chi connectivity index (χ1n) is 19.4. The SMILES string of the molecule is Cc1cccc2c(NC(=O)Nc3cnccn3)ccnc12.O=C(Nc1ccccn1)Nc1ccnc2cc(C(F)(F)F)ccc12.O=C(Nc1cnccn1)Nc1ccnc2c(Cl)cccc12. The number of fused-ring (bicyclic) bond motifs is 3. The van der Waals surface area contributed by atoms with Gasteiger partial charge in [-0.3, -0.25) is 40.9 Å². The molecule has 330 valence electrons. The van der Waals surface area contributed by atoms with Crippen LogP contribution in [-0.4, -0.2) is 58.0 Å². The predicted molar refractivity (Wildman–Crippen MR) is 246 cm³/mol. The summed E-state index contributed by atoms with van der Waals surface area (Å²) in [5.41, 5.74) is 3.57. The highest BCUT2D eigenvalue weighted by molar-refractivity contribution is 6.35. The molecule has 6 heterocycles. The first-order chi connectivity index (χ1) is 31.9. The highest BCUT2D eigenvalue weighted by Gasteiger charge is 2.30. The number of alkyl halides is 3. The number of amides is 6. The molecule has 9 rings (SSSR count). The Hall–Kier alpha value is -8.91. The molecule has 0 aliphatic rings. The van der Waals surface area contributed by atoms with E-state index in [1.807, 2.05) is 31.2 Å². The Balaban J connectivity index is 0.000000148. The topological polar surface area (TPSA) is 227 Å². The number of aryl methyl sites for hydroxylation is 1. The normalized spacial score (nSPS) is 10.7. The van der Waals surface area contributed by atoms with Crippen molar-refractivity contribution in [1.29, 1.82) is 0 Å². The molecule has 0 unspecified atom stereocenters. The summed E-state index contributed by atoms with van der Waals surface area (Å²) < 4.78 is 38.3. The van der Waals surface area contributed by atoms with Gasteiger partial charge in [-0.2, -0.15) is 13.2 Å². The number of rotatable bonds is 6. The van der Waals surface area contributed by atoms with Gasteiger partial charge in [0.15, 0.2) is 11.6 Å². The molecule has 0 fully saturated rings. The molecule has 6 amide bonds. The average molecular weight is 911 g/mol. The van der Waals surface area contributed by atoms with Crippen LogP contribution in [0, 0.1) is 6.92 Å². The zero-order valence-electron chi connectivity index (χ0n) is 34.2. The van der Waals surface area contributed by atoms with E-state index in [0.29, 0.717) is 50.4 Å². The Morgan fingerprint density at radius 2 is 1.02 bits per heavy atom. The quantitative estimate of drug-likeness (QED) is 0.0920. The van der Waals surface area contributed by atoms with Gasteiger partial charge in [0, 0.05) is 65.7 Å². The lowest BCUT2D eigenvalue weighted by Crippen LogP contribution is -2.20. The summed E-state index contributed by atoms with van der Waals surface area (Å²) in [5, 5.41) is 18.5. The summed E-state index contributed by atoms with van der Waals surface area (Å²) >= 11 is 6.09. The van der Waals surface area contributed by atoms with E-state index in [1.165, 1.54) is 55.5 Å². The molecule has 0 aliphatic heterocycles. The van der Waals surface area contributed by atoms with Crippen LogP contribution in [0.4, 0.5) is 62.1 Å². The fraction of sp³-hybridized carbons (Fsp3) is 0.0444. The lowest BCUT2D eigenvalue weighted by Gasteiger charge is -2.11. The zero-order valence-corrected chi connectivity index (χ0v) is 35.0. The Labute approximate surface area is 377 Å². The number of pyridine rings is 4. The fourth-order valence-corrected chi connectivity index (χ4v) is 6.31. The van der Waals surface area contributed by atoms with Crippen LogP contribution in [0.2, 0.25) is 5.02 Å². The molecule has 17 nitrogen and oxygen atoms in total. The van der Waals surface area contributed by atoms with Crippen LogP contribution in [0.3, 0.4) is 0 Å². The van der Waals surface area contributed by atoms with Crippen molar-refractivity contribution in [3.05, 3.63) is 169 Å². The number of para-hydroxylation sites is 2. The van der Waals surface area contributed by atoms with Gasteiger partial charge in [-0.25, -0.2) is 29.3 Å². The number of hydrogen-bond donors (Lipinski definition) is 6. The van der Waals surface area contributed by atoms with Crippen LogP contribution in [0.15, 0.2) is 153 Å². The molecular weight excluding hydrogens is 877 g/mol. The summed E-state index contributed by atoms with van der Waals surface area (Å²) in [4.78, 5) is 68.1. The number of carbonyl (C=O) groups excluding carboxylic acids is 3. The van der Waals surface area contributed by atoms with E-state index in [9.17, 15) is 27.6 Å². The highest BCUT2D eigenvalue weighted by atomic mass is 35.5. The van der Waals surface area contributed by atoms with Crippen molar-refractivity contribution in [2.45, 2.75) is 13.1 Å². The van der Waals surface area contributed by atoms with Gasteiger partial charge in [0.1, 0.15) is 5.82 Å². The molecule has 0 atom stereocenters. The summed E-state index contributed by atoms with van der Waals surface area (Å²) in [6.45, 7) is 1.98. The molecule has 6 aromatic heterocycles. The van der Waals surface area contributed by atoms with Gasteiger partial charge >= 0.3 is 24.3 Å². The van der Waals surface area contributed by atoms with Crippen LogP contribution >= 0.6 is 11.6 Å². The molecule has 0 saturated heterocycles. The Bertz CT molecular complexity index is 3000. The fourth-order valence-electron chi connectivity index (χ4n) is 6.09. The second-order valence-corrected chi connectivity index (χ2v) is 14.0. The van der Waals surface area contributed by atoms with E-state index < -0.39 is 23.8 Å². The van der Waals surface area contributed by atoms with Gasteiger partial charge in [0.2, 0.25) is 0 Å². The van der Waals surface area contributed by atoms with Crippen molar-refractivity contribution in [2.75, 3.05) is 31.9 Å². The number of anilines is 6. The molecule has 0 bridgehead atoms. The minimum Gasteiger partial charge on any atom is -0.307 e. The maximum absolute atomic E-state index is 12.8. The number of nitrogens with one attached hydrogen (secondary N) is 6. The number of aromatic nitrogens is 8. The summed E-state index contributed by atoms with van der Waals surface area (Å²) in [6.07, 6.45) is 10.7. The van der Waals surface area contributed by atoms with E-state index in [2.05, 4.69) is 71.8 Å². The molecule has 0 radical (unpaired) electrons. The molecule has 21 heteroatoms. The average Bonchev–Trinajstić information content (AvgIpc) is 3.31. The molecule has 0 saturated carbocycles. The molecule has 0 aliphatic carbocycles. The smallest absolute Gasteiger partial charge is 0.307 e. The third-order valence-corrected chi connectivity index (χ3v) is 9.33.